The van der Waals surface area contributed by atoms with Crippen LogP contribution < -0.4 is 0 Å². The number of ketones is 1. The second-order valence-electron chi connectivity index (χ2n) is 10.2. The maximum atomic E-state index is 12.2. The van der Waals surface area contributed by atoms with E-state index < -0.39 is 0 Å². The minimum Gasteiger partial charge on any atom is -0.390 e. The number of aliphatic hydroxyl groups excluding tert-OH is 1. The Morgan fingerprint density at radius 1 is 1.04 bits per heavy atom. The number of Topliss-reactive ketones (excluding diaryl/α,β-unsaturated/α-hetero) is 1. The van der Waals surface area contributed by atoms with Crippen molar-refractivity contribution in [2.45, 2.75) is 84.3 Å². The predicted octanol–water partition coefficient (Wildman–Crippen LogP) is 4.22. The summed E-state index contributed by atoms with van der Waals surface area (Å²) in [5, 5.41) is 10.4. The van der Waals surface area contributed by atoms with Gasteiger partial charge in [-0.05, 0) is 92.8 Å². The molecule has 0 bridgehead atoms. The largest absolute Gasteiger partial charge is 0.390 e. The first-order valence-corrected chi connectivity index (χ1v) is 10.5. The normalized spacial score (nSPS) is 55.2. The molecule has 0 saturated heterocycles. The van der Waals surface area contributed by atoms with Crippen molar-refractivity contribution in [1.29, 1.82) is 0 Å². The lowest BCUT2D eigenvalue weighted by atomic mass is 9.44. The molecule has 142 valence electrons. The number of carbonyl (C=O) groups is 1. The quantitative estimate of drug-likeness (QED) is 0.813. The molecule has 4 aliphatic carbocycles. The topological polar surface area (TPSA) is 46.5 Å². The molecule has 0 aromatic heterocycles. The van der Waals surface area contributed by atoms with Gasteiger partial charge < -0.3 is 9.84 Å². The lowest BCUT2D eigenvalue weighted by Gasteiger charge is -2.61. The predicted molar refractivity (Wildman–Crippen MR) is 98.1 cm³/mol. The summed E-state index contributed by atoms with van der Waals surface area (Å²) in [5.74, 6) is 3.61. The molecular weight excluding hydrogens is 312 g/mol. The number of aliphatic hydroxyl groups is 1. The van der Waals surface area contributed by atoms with Gasteiger partial charge in [-0.1, -0.05) is 13.8 Å². The van der Waals surface area contributed by atoms with E-state index in [4.69, 9.17) is 4.74 Å². The summed E-state index contributed by atoms with van der Waals surface area (Å²) in [6.45, 7) is 6.73. The van der Waals surface area contributed by atoms with E-state index in [1.807, 2.05) is 6.92 Å². The fourth-order valence-electron chi connectivity index (χ4n) is 8.16. The van der Waals surface area contributed by atoms with E-state index in [-0.39, 0.29) is 17.6 Å². The lowest BCUT2D eigenvalue weighted by molar-refractivity contribution is -0.166. The van der Waals surface area contributed by atoms with Crippen molar-refractivity contribution in [3.8, 4) is 0 Å². The van der Waals surface area contributed by atoms with E-state index in [9.17, 15) is 9.90 Å². The van der Waals surface area contributed by atoms with Crippen molar-refractivity contribution in [3.05, 3.63) is 0 Å². The van der Waals surface area contributed by atoms with Gasteiger partial charge in [-0.15, -0.1) is 0 Å². The molecule has 3 nitrogen and oxygen atoms in total. The summed E-state index contributed by atoms with van der Waals surface area (Å²) in [6, 6.07) is 0. The number of methoxy groups -OCH3 is 1. The van der Waals surface area contributed by atoms with E-state index in [2.05, 4.69) is 13.8 Å². The second kappa shape index (κ2) is 6.05. The van der Waals surface area contributed by atoms with Crippen LogP contribution in [0.1, 0.15) is 72.1 Å². The number of hydrogen-bond acceptors (Lipinski definition) is 3. The molecule has 3 heteroatoms. The molecule has 4 saturated carbocycles. The highest BCUT2D eigenvalue weighted by atomic mass is 16.5. The minimum atomic E-state index is -0.290. The molecule has 0 heterocycles. The molecule has 0 aliphatic heterocycles. The Morgan fingerprint density at radius 3 is 2.44 bits per heavy atom. The third kappa shape index (κ3) is 2.48. The average Bonchev–Trinajstić information content (AvgIpc) is 2.92. The maximum absolute atomic E-state index is 12.2. The van der Waals surface area contributed by atoms with Crippen LogP contribution >= 0.6 is 0 Å². The summed E-state index contributed by atoms with van der Waals surface area (Å²) < 4.78 is 5.66. The Kier molecular flexibility index (Phi) is 4.35. The third-order valence-electron chi connectivity index (χ3n) is 9.45. The zero-order valence-corrected chi connectivity index (χ0v) is 16.5. The fourth-order valence-corrected chi connectivity index (χ4v) is 8.16. The van der Waals surface area contributed by atoms with Gasteiger partial charge in [0.15, 0.2) is 0 Å². The Bertz CT molecular complexity index is 545. The van der Waals surface area contributed by atoms with Crippen molar-refractivity contribution in [1.82, 2.24) is 0 Å². The van der Waals surface area contributed by atoms with E-state index in [1.165, 1.54) is 32.1 Å². The Balaban J connectivity index is 1.62. The highest BCUT2D eigenvalue weighted by Crippen LogP contribution is 2.67. The van der Waals surface area contributed by atoms with Crippen molar-refractivity contribution in [3.63, 3.8) is 0 Å². The van der Waals surface area contributed by atoms with Crippen LogP contribution in [0, 0.1) is 40.4 Å². The highest BCUT2D eigenvalue weighted by Gasteiger charge is 2.61. The summed E-state index contributed by atoms with van der Waals surface area (Å²) in [6.07, 6.45) is 9.03. The molecule has 0 amide bonds. The highest BCUT2D eigenvalue weighted by molar-refractivity contribution is 5.79. The zero-order valence-electron chi connectivity index (χ0n) is 16.5. The van der Waals surface area contributed by atoms with Crippen LogP contribution in [0.5, 0.6) is 0 Å². The van der Waals surface area contributed by atoms with Crippen LogP contribution in [0.3, 0.4) is 0 Å². The molecule has 0 aromatic rings. The monoisotopic (exact) mass is 348 g/mol. The van der Waals surface area contributed by atoms with Gasteiger partial charge in [0, 0.05) is 13.0 Å². The van der Waals surface area contributed by atoms with Gasteiger partial charge in [-0.2, -0.15) is 0 Å². The Labute approximate surface area is 152 Å². The van der Waals surface area contributed by atoms with Gasteiger partial charge in [0.25, 0.3) is 0 Å². The summed E-state index contributed by atoms with van der Waals surface area (Å²) in [7, 11) is 1.75. The van der Waals surface area contributed by atoms with Crippen molar-refractivity contribution in [2.75, 3.05) is 7.11 Å². The molecule has 0 radical (unpaired) electrons. The molecule has 4 aliphatic rings. The third-order valence-corrected chi connectivity index (χ3v) is 9.45. The first kappa shape index (κ1) is 18.0. The van der Waals surface area contributed by atoms with Crippen LogP contribution in [0.15, 0.2) is 0 Å². The van der Waals surface area contributed by atoms with Crippen LogP contribution in [0.25, 0.3) is 0 Å². The smallest absolute Gasteiger partial charge is 0.133 e. The van der Waals surface area contributed by atoms with E-state index in [0.717, 1.165) is 37.0 Å². The molecule has 3 unspecified atom stereocenters. The van der Waals surface area contributed by atoms with Crippen molar-refractivity contribution in [2.24, 2.45) is 40.4 Å². The molecule has 4 rings (SSSR count). The maximum Gasteiger partial charge on any atom is 0.133 e. The first-order valence-electron chi connectivity index (χ1n) is 10.5. The van der Waals surface area contributed by atoms with E-state index in [0.29, 0.717) is 23.0 Å². The second-order valence-corrected chi connectivity index (χ2v) is 10.2. The first-order chi connectivity index (χ1) is 11.8. The SMILES string of the molecule is COC1C[C@@]2(C)C(CC[C@H]3[C@@H]4CC[C@H](C(C)=O)[C@@]4(C)CC[C@@H]32)CC1O. The molecule has 1 N–H and O–H groups in total. The van der Waals surface area contributed by atoms with Crippen LogP contribution in [-0.4, -0.2) is 30.2 Å². The standard InChI is InChI=1S/C22H36O3/c1-13(23)16-7-8-17-15-6-5-14-11-19(24)20(25-4)12-22(14,3)18(15)9-10-21(16,17)2/h14-20,24H,5-12H2,1-4H3/t14?,15-,16+,17-,18-,19?,20?,21+,22-/m0/s1. The van der Waals surface area contributed by atoms with Crippen LogP contribution in [-0.2, 0) is 9.53 Å². The van der Waals surface area contributed by atoms with Gasteiger partial charge in [-0.3, -0.25) is 4.79 Å². The van der Waals surface area contributed by atoms with Crippen LogP contribution in [0.2, 0.25) is 0 Å². The zero-order chi connectivity index (χ0) is 18.0. The molecule has 0 spiro atoms. The van der Waals surface area contributed by atoms with Crippen molar-refractivity contribution >= 4 is 5.78 Å². The number of hydrogen-bond donors (Lipinski definition) is 1. The summed E-state index contributed by atoms with van der Waals surface area (Å²) in [4.78, 5) is 12.2. The van der Waals surface area contributed by atoms with E-state index in [1.54, 1.807) is 7.11 Å². The van der Waals surface area contributed by atoms with E-state index >= 15 is 0 Å². The fraction of sp³-hybridized carbons (Fsp3) is 0.955. The number of ether oxygens (including phenoxy) is 1. The van der Waals surface area contributed by atoms with Gasteiger partial charge in [0.05, 0.1) is 12.2 Å². The van der Waals surface area contributed by atoms with Crippen molar-refractivity contribution < 1.29 is 14.6 Å². The van der Waals surface area contributed by atoms with Gasteiger partial charge in [-0.25, -0.2) is 0 Å². The summed E-state index contributed by atoms with van der Waals surface area (Å²) in [5.41, 5.74) is 0.545. The Hall–Kier alpha value is -0.410. The Morgan fingerprint density at radius 2 is 1.76 bits per heavy atom. The van der Waals surface area contributed by atoms with Gasteiger partial charge in [0.1, 0.15) is 5.78 Å². The number of rotatable bonds is 2. The summed E-state index contributed by atoms with van der Waals surface area (Å²) >= 11 is 0. The van der Waals surface area contributed by atoms with Crippen LogP contribution in [0.4, 0.5) is 0 Å². The molecule has 25 heavy (non-hydrogen) atoms. The molecule has 0 aromatic carbocycles. The minimum absolute atomic E-state index is 0.00172. The lowest BCUT2D eigenvalue weighted by Crippen LogP contribution is -2.57. The van der Waals surface area contributed by atoms with Gasteiger partial charge >= 0.3 is 0 Å². The molecular formula is C22H36O3. The van der Waals surface area contributed by atoms with Gasteiger partial charge in [0.2, 0.25) is 0 Å². The average molecular weight is 349 g/mol. The molecule has 9 atom stereocenters. The number of carbonyl (C=O) groups excluding carboxylic acids is 1. The molecule has 4 fully saturated rings. The number of fused-ring (bicyclic) bond motifs is 5.